The number of esters is 3. The first-order valence-corrected chi connectivity index (χ1v) is 28.5. The molecule has 0 saturated carbocycles. The maximum absolute atomic E-state index is 12.7. The fourth-order valence-electron chi connectivity index (χ4n) is 8.28. The fourth-order valence-corrected chi connectivity index (χ4v) is 8.28. The monoisotopic (exact) mass is 913 g/mol. The average Bonchev–Trinajstić information content (AvgIpc) is 3.30. The molecule has 0 aliphatic heterocycles. The molecule has 65 heavy (non-hydrogen) atoms. The molecule has 0 aliphatic carbocycles. The lowest BCUT2D eigenvalue weighted by Crippen LogP contribution is -2.30. The highest BCUT2D eigenvalue weighted by Crippen LogP contribution is 2.17. The van der Waals surface area contributed by atoms with Gasteiger partial charge in [-0.25, -0.2) is 0 Å². The molecule has 0 aromatic rings. The van der Waals surface area contributed by atoms with Crippen LogP contribution in [0.5, 0.6) is 0 Å². The van der Waals surface area contributed by atoms with E-state index in [4.69, 9.17) is 14.2 Å². The molecule has 0 bridgehead atoms. The lowest BCUT2D eigenvalue weighted by molar-refractivity contribution is -0.167. The predicted molar refractivity (Wildman–Crippen MR) is 279 cm³/mol. The van der Waals surface area contributed by atoms with Gasteiger partial charge in [-0.3, -0.25) is 14.4 Å². The van der Waals surface area contributed by atoms with E-state index in [9.17, 15) is 14.4 Å². The van der Waals surface area contributed by atoms with Gasteiger partial charge >= 0.3 is 17.9 Å². The maximum Gasteiger partial charge on any atom is 0.306 e. The van der Waals surface area contributed by atoms with Crippen LogP contribution < -0.4 is 0 Å². The molecule has 0 radical (unpaired) electrons. The van der Waals surface area contributed by atoms with Crippen LogP contribution >= 0.6 is 0 Å². The normalized spacial score (nSPS) is 12.2. The zero-order chi connectivity index (χ0) is 47.2. The first kappa shape index (κ1) is 62.6. The van der Waals surface area contributed by atoms with Crippen molar-refractivity contribution in [1.29, 1.82) is 0 Å². The van der Waals surface area contributed by atoms with Gasteiger partial charge in [-0.2, -0.15) is 0 Å². The fraction of sp³-hybridized carbons (Fsp3) is 0.847. The van der Waals surface area contributed by atoms with Crippen molar-refractivity contribution in [2.75, 3.05) is 13.2 Å². The third-order valence-electron chi connectivity index (χ3n) is 12.6. The van der Waals surface area contributed by atoms with Crippen molar-refractivity contribution in [1.82, 2.24) is 0 Å². The summed E-state index contributed by atoms with van der Waals surface area (Å²) in [5, 5.41) is 0. The van der Waals surface area contributed by atoms with Gasteiger partial charge in [0.1, 0.15) is 13.2 Å². The lowest BCUT2D eigenvalue weighted by atomic mass is 10.0. The SMILES string of the molecule is CCCC/C=C\CCCCCCCC(=O)OC(COC(=O)CCCCCCC)COC(=O)CCCCCCCCCCCCCCCCCCCCC/C=C\C/C=C\CCCCCCC. The molecule has 6 heteroatoms. The summed E-state index contributed by atoms with van der Waals surface area (Å²) in [6.07, 6.45) is 64.9. The standard InChI is InChI=1S/C59H108O6/c1-4-7-10-13-15-17-19-20-21-22-23-24-25-26-27-28-29-30-31-32-33-34-35-36-37-38-40-41-43-46-49-52-58(61)64-55-56(54-63-57(60)51-48-45-12-9-6-3)65-59(62)53-50-47-44-42-39-18-16-14-11-8-5-2/h14,16,19-20,22-23,56H,4-13,15,17-18,21,24-55H2,1-3H3/b16-14-,20-19-,23-22-. The topological polar surface area (TPSA) is 78.9 Å². The van der Waals surface area contributed by atoms with Crippen LogP contribution in [0, 0.1) is 0 Å². The Morgan fingerprint density at radius 1 is 0.308 bits per heavy atom. The number of carbonyl (C=O) groups is 3. The van der Waals surface area contributed by atoms with Crippen LogP contribution in [-0.2, 0) is 28.6 Å². The summed E-state index contributed by atoms with van der Waals surface area (Å²) in [7, 11) is 0. The second kappa shape index (κ2) is 54.2. The minimum atomic E-state index is -0.768. The van der Waals surface area contributed by atoms with Crippen molar-refractivity contribution in [2.45, 2.75) is 309 Å². The van der Waals surface area contributed by atoms with Gasteiger partial charge in [0.2, 0.25) is 0 Å². The van der Waals surface area contributed by atoms with E-state index in [1.54, 1.807) is 0 Å². The molecular weight excluding hydrogens is 805 g/mol. The smallest absolute Gasteiger partial charge is 0.306 e. The van der Waals surface area contributed by atoms with E-state index in [1.807, 2.05) is 0 Å². The van der Waals surface area contributed by atoms with Crippen molar-refractivity contribution >= 4 is 17.9 Å². The third-order valence-corrected chi connectivity index (χ3v) is 12.6. The van der Waals surface area contributed by atoms with Gasteiger partial charge in [0.05, 0.1) is 0 Å². The van der Waals surface area contributed by atoms with Crippen molar-refractivity contribution in [2.24, 2.45) is 0 Å². The highest BCUT2D eigenvalue weighted by molar-refractivity contribution is 5.71. The molecule has 0 saturated heterocycles. The van der Waals surface area contributed by atoms with Crippen LogP contribution in [0.3, 0.4) is 0 Å². The second-order valence-corrected chi connectivity index (χ2v) is 19.2. The van der Waals surface area contributed by atoms with Crippen LogP contribution in [0.4, 0.5) is 0 Å². The van der Waals surface area contributed by atoms with Crippen molar-refractivity contribution in [3.05, 3.63) is 36.5 Å². The summed E-state index contributed by atoms with van der Waals surface area (Å²) in [5.74, 6) is -0.886. The van der Waals surface area contributed by atoms with Crippen LogP contribution in [0.2, 0.25) is 0 Å². The summed E-state index contributed by atoms with van der Waals surface area (Å²) >= 11 is 0. The number of ether oxygens (including phenoxy) is 3. The summed E-state index contributed by atoms with van der Waals surface area (Å²) in [5.41, 5.74) is 0. The number of allylic oxidation sites excluding steroid dienone is 6. The summed E-state index contributed by atoms with van der Waals surface area (Å²) in [4.78, 5) is 37.6. The van der Waals surface area contributed by atoms with Gasteiger partial charge in [-0.1, -0.05) is 250 Å². The van der Waals surface area contributed by atoms with Crippen molar-refractivity contribution in [3.8, 4) is 0 Å². The average molecular weight is 914 g/mol. The van der Waals surface area contributed by atoms with Gasteiger partial charge in [-0.05, 0) is 70.6 Å². The zero-order valence-corrected chi connectivity index (χ0v) is 43.5. The van der Waals surface area contributed by atoms with Gasteiger partial charge in [0.25, 0.3) is 0 Å². The van der Waals surface area contributed by atoms with Crippen LogP contribution in [0.15, 0.2) is 36.5 Å². The molecule has 0 rings (SSSR count). The Morgan fingerprint density at radius 2 is 0.569 bits per heavy atom. The lowest BCUT2D eigenvalue weighted by Gasteiger charge is -2.18. The Kier molecular flexibility index (Phi) is 52.3. The Balaban J connectivity index is 3.88. The highest BCUT2D eigenvalue weighted by atomic mass is 16.6. The number of hydrogen-bond donors (Lipinski definition) is 0. The molecule has 0 spiro atoms. The molecule has 0 fully saturated rings. The first-order valence-electron chi connectivity index (χ1n) is 28.5. The van der Waals surface area contributed by atoms with E-state index < -0.39 is 6.10 Å². The van der Waals surface area contributed by atoms with E-state index in [0.29, 0.717) is 19.3 Å². The molecule has 1 unspecified atom stereocenters. The highest BCUT2D eigenvalue weighted by Gasteiger charge is 2.19. The van der Waals surface area contributed by atoms with Gasteiger partial charge in [0.15, 0.2) is 6.10 Å². The molecule has 0 amide bonds. The summed E-state index contributed by atoms with van der Waals surface area (Å²) < 4.78 is 16.7. The maximum atomic E-state index is 12.7. The van der Waals surface area contributed by atoms with E-state index in [0.717, 1.165) is 83.5 Å². The van der Waals surface area contributed by atoms with E-state index >= 15 is 0 Å². The van der Waals surface area contributed by atoms with Crippen molar-refractivity contribution < 1.29 is 28.6 Å². The largest absolute Gasteiger partial charge is 0.462 e. The summed E-state index contributed by atoms with van der Waals surface area (Å²) in [6, 6.07) is 0. The van der Waals surface area contributed by atoms with Gasteiger partial charge in [0, 0.05) is 19.3 Å². The zero-order valence-electron chi connectivity index (χ0n) is 43.5. The Morgan fingerprint density at radius 3 is 0.908 bits per heavy atom. The minimum Gasteiger partial charge on any atom is -0.462 e. The molecule has 0 heterocycles. The van der Waals surface area contributed by atoms with E-state index in [2.05, 4.69) is 57.2 Å². The van der Waals surface area contributed by atoms with E-state index in [-0.39, 0.29) is 31.1 Å². The van der Waals surface area contributed by atoms with Crippen LogP contribution in [0.1, 0.15) is 303 Å². The Labute approximate surface area is 404 Å². The number of rotatable bonds is 52. The Bertz CT molecular complexity index is 1090. The molecule has 0 aliphatic rings. The van der Waals surface area contributed by atoms with Crippen molar-refractivity contribution in [3.63, 3.8) is 0 Å². The number of carbonyl (C=O) groups excluding carboxylic acids is 3. The molecule has 0 aromatic carbocycles. The van der Waals surface area contributed by atoms with Gasteiger partial charge in [-0.15, -0.1) is 0 Å². The number of hydrogen-bond acceptors (Lipinski definition) is 6. The molecule has 0 N–H and O–H groups in total. The van der Waals surface area contributed by atoms with Gasteiger partial charge < -0.3 is 14.2 Å². The summed E-state index contributed by atoms with van der Waals surface area (Å²) in [6.45, 7) is 6.52. The molecule has 0 aromatic heterocycles. The van der Waals surface area contributed by atoms with Crippen LogP contribution in [0.25, 0.3) is 0 Å². The molecule has 380 valence electrons. The predicted octanol–water partition coefficient (Wildman–Crippen LogP) is 18.9. The third kappa shape index (κ3) is 52.5. The molecule has 6 nitrogen and oxygen atoms in total. The Hall–Kier alpha value is -2.37. The second-order valence-electron chi connectivity index (χ2n) is 19.2. The number of unbranched alkanes of at least 4 members (excludes halogenated alkanes) is 35. The molecule has 1 atom stereocenters. The molecular formula is C59H108O6. The first-order chi connectivity index (χ1) is 32.0. The minimum absolute atomic E-state index is 0.0725. The van der Waals surface area contributed by atoms with E-state index in [1.165, 1.54) is 180 Å². The quantitative estimate of drug-likeness (QED) is 0.0262. The van der Waals surface area contributed by atoms with Crippen LogP contribution in [-0.4, -0.2) is 37.2 Å².